The van der Waals surface area contributed by atoms with Gasteiger partial charge in [-0.2, -0.15) is 0 Å². The van der Waals surface area contributed by atoms with Crippen LogP contribution in [0.2, 0.25) is 4.34 Å². The first kappa shape index (κ1) is 23.9. The number of nitrogens with one attached hydrogen (secondary N) is 2. The number of carbonyl (C=O) groups is 1. The Bertz CT molecular complexity index is 845. The lowest BCUT2D eigenvalue weighted by Gasteiger charge is -2.29. The topological polar surface area (TPSA) is 77.0 Å². The molecular formula is C20H26ClIN4O2S. The Balaban J connectivity index is 0.00000300. The molecule has 6 nitrogen and oxygen atoms in total. The summed E-state index contributed by atoms with van der Waals surface area (Å²) >= 11 is 7.27. The lowest BCUT2D eigenvalue weighted by Crippen LogP contribution is -2.41. The van der Waals surface area contributed by atoms with Crippen molar-refractivity contribution in [1.29, 1.82) is 0 Å². The number of amides is 1. The maximum absolute atomic E-state index is 12.7. The van der Waals surface area contributed by atoms with E-state index in [1.807, 2.05) is 30.0 Å². The Morgan fingerprint density at radius 3 is 2.83 bits per heavy atom. The fourth-order valence-electron chi connectivity index (χ4n) is 3.17. The number of anilines is 1. The molecule has 1 amide bonds. The molecule has 9 heteroatoms. The normalized spacial score (nSPS) is 14.6. The number of halogens is 2. The van der Waals surface area contributed by atoms with Gasteiger partial charge >= 0.3 is 0 Å². The summed E-state index contributed by atoms with van der Waals surface area (Å²) in [4.78, 5) is 19.7. The van der Waals surface area contributed by atoms with Crippen molar-refractivity contribution in [3.05, 3.63) is 51.2 Å². The fourth-order valence-corrected chi connectivity index (χ4v) is 4.21. The fraction of sp³-hybridized carbons (Fsp3) is 0.400. The Labute approximate surface area is 197 Å². The van der Waals surface area contributed by atoms with E-state index in [4.69, 9.17) is 11.6 Å². The van der Waals surface area contributed by atoms with Crippen LogP contribution in [0, 0.1) is 0 Å². The van der Waals surface area contributed by atoms with Crippen molar-refractivity contribution >= 4 is 64.5 Å². The molecule has 2 heterocycles. The van der Waals surface area contributed by atoms with Crippen molar-refractivity contribution in [2.45, 2.75) is 25.9 Å². The third-order valence-electron chi connectivity index (χ3n) is 4.51. The molecular weight excluding hydrogens is 523 g/mol. The van der Waals surface area contributed by atoms with E-state index >= 15 is 0 Å². The highest BCUT2D eigenvalue weighted by Gasteiger charge is 2.21. The van der Waals surface area contributed by atoms with Gasteiger partial charge in [0.2, 0.25) is 5.91 Å². The van der Waals surface area contributed by atoms with Crippen LogP contribution in [0.25, 0.3) is 0 Å². The summed E-state index contributed by atoms with van der Waals surface area (Å²) in [5, 5.41) is 16.5. The average molecular weight is 549 g/mol. The molecule has 0 saturated heterocycles. The Morgan fingerprint density at radius 2 is 2.10 bits per heavy atom. The highest BCUT2D eigenvalue weighted by atomic mass is 127. The van der Waals surface area contributed by atoms with Crippen LogP contribution < -0.4 is 15.5 Å². The summed E-state index contributed by atoms with van der Waals surface area (Å²) in [6.07, 6.45) is 1.27. The minimum absolute atomic E-state index is 0. The predicted molar refractivity (Wildman–Crippen MR) is 131 cm³/mol. The van der Waals surface area contributed by atoms with Crippen molar-refractivity contribution in [3.8, 4) is 0 Å². The second kappa shape index (κ2) is 11.7. The molecule has 1 atom stereocenters. The number of para-hydroxylation sites is 1. The molecule has 0 radical (unpaired) electrons. The zero-order valence-corrected chi connectivity index (χ0v) is 20.1. The number of aliphatic imine (C=N–C) groups is 1. The minimum atomic E-state index is -0.689. The molecule has 2 aromatic rings. The van der Waals surface area contributed by atoms with E-state index in [9.17, 15) is 9.90 Å². The number of aliphatic hydroxyl groups excluding tert-OH is 1. The van der Waals surface area contributed by atoms with Gasteiger partial charge in [-0.05, 0) is 43.5 Å². The van der Waals surface area contributed by atoms with Gasteiger partial charge in [0.15, 0.2) is 5.96 Å². The molecule has 1 aromatic heterocycles. The first-order valence-electron chi connectivity index (χ1n) is 9.42. The van der Waals surface area contributed by atoms with Crippen molar-refractivity contribution in [1.82, 2.24) is 10.6 Å². The molecule has 0 saturated carbocycles. The highest BCUT2D eigenvalue weighted by molar-refractivity contribution is 14.0. The maximum Gasteiger partial charge on any atom is 0.248 e. The zero-order valence-electron chi connectivity index (χ0n) is 16.2. The van der Waals surface area contributed by atoms with Crippen LogP contribution in [-0.2, 0) is 11.2 Å². The standard InChI is InChI=1S/C20H25ClN4O2S.HI/c1-2-22-20(23-12-16(26)17-9-10-18(21)28-17)24-13-19(27)25-11-5-7-14-6-3-4-8-15(14)25;/h3-4,6,8-10,16,26H,2,5,7,11-13H2,1H3,(H2,22,23,24);1H. The number of hydrogen-bond donors (Lipinski definition) is 3. The summed E-state index contributed by atoms with van der Waals surface area (Å²) in [7, 11) is 0. The van der Waals surface area contributed by atoms with Gasteiger partial charge in [0.25, 0.3) is 0 Å². The van der Waals surface area contributed by atoms with Gasteiger partial charge in [-0.25, -0.2) is 4.99 Å². The number of benzene rings is 1. The molecule has 0 aliphatic carbocycles. The van der Waals surface area contributed by atoms with Gasteiger partial charge in [0, 0.05) is 30.2 Å². The number of hydrogen-bond acceptors (Lipinski definition) is 4. The number of thiophene rings is 1. The first-order valence-corrected chi connectivity index (χ1v) is 10.6. The lowest BCUT2D eigenvalue weighted by atomic mass is 10.0. The largest absolute Gasteiger partial charge is 0.386 e. The summed E-state index contributed by atoms with van der Waals surface area (Å²) in [6, 6.07) is 11.6. The molecule has 158 valence electrons. The van der Waals surface area contributed by atoms with E-state index in [-0.39, 0.29) is 43.0 Å². The molecule has 0 fully saturated rings. The number of aliphatic hydroxyl groups is 1. The predicted octanol–water partition coefficient (Wildman–Crippen LogP) is 3.59. The molecule has 1 aliphatic heterocycles. The average Bonchev–Trinajstić information content (AvgIpc) is 3.15. The highest BCUT2D eigenvalue weighted by Crippen LogP contribution is 2.27. The van der Waals surface area contributed by atoms with Crippen LogP contribution >= 0.6 is 46.9 Å². The summed E-state index contributed by atoms with van der Waals surface area (Å²) in [5.74, 6) is 0.470. The van der Waals surface area contributed by atoms with E-state index in [1.54, 1.807) is 12.1 Å². The SMILES string of the molecule is CCNC(=NCC(=O)N1CCCc2ccccc21)NCC(O)c1ccc(Cl)s1.I. The van der Waals surface area contributed by atoms with Crippen molar-refractivity contribution in [2.24, 2.45) is 4.99 Å². The van der Waals surface area contributed by atoms with E-state index in [0.717, 1.165) is 23.4 Å². The summed E-state index contributed by atoms with van der Waals surface area (Å²) in [6.45, 7) is 3.66. The van der Waals surface area contributed by atoms with E-state index in [2.05, 4.69) is 21.7 Å². The second-order valence-corrected chi connectivity index (χ2v) is 8.26. The van der Waals surface area contributed by atoms with Crippen LogP contribution in [0.4, 0.5) is 5.69 Å². The minimum Gasteiger partial charge on any atom is -0.386 e. The first-order chi connectivity index (χ1) is 13.6. The molecule has 3 rings (SSSR count). The van der Waals surface area contributed by atoms with Crippen LogP contribution in [0.1, 0.15) is 29.9 Å². The number of fused-ring (bicyclic) bond motifs is 1. The van der Waals surface area contributed by atoms with Crippen molar-refractivity contribution in [2.75, 3.05) is 31.1 Å². The van der Waals surface area contributed by atoms with Crippen molar-refractivity contribution < 1.29 is 9.90 Å². The van der Waals surface area contributed by atoms with Gasteiger partial charge in [0.1, 0.15) is 12.6 Å². The number of rotatable bonds is 6. The number of carbonyl (C=O) groups excluding carboxylic acids is 1. The molecule has 0 spiro atoms. The lowest BCUT2D eigenvalue weighted by molar-refractivity contribution is -0.117. The Morgan fingerprint density at radius 1 is 1.31 bits per heavy atom. The molecule has 0 bridgehead atoms. The van der Waals surface area contributed by atoms with E-state index in [1.165, 1.54) is 16.9 Å². The molecule has 1 aliphatic rings. The molecule has 3 N–H and O–H groups in total. The zero-order chi connectivity index (χ0) is 19.9. The van der Waals surface area contributed by atoms with Gasteiger partial charge in [-0.15, -0.1) is 35.3 Å². The number of guanidine groups is 1. The summed E-state index contributed by atoms with van der Waals surface area (Å²) in [5.41, 5.74) is 2.19. The van der Waals surface area contributed by atoms with Gasteiger partial charge in [0.05, 0.1) is 4.34 Å². The molecule has 1 aromatic carbocycles. The van der Waals surface area contributed by atoms with Crippen LogP contribution in [0.3, 0.4) is 0 Å². The quantitative estimate of drug-likeness (QED) is 0.293. The maximum atomic E-state index is 12.7. The number of aryl methyl sites for hydroxylation is 1. The molecule has 29 heavy (non-hydrogen) atoms. The van der Waals surface area contributed by atoms with Gasteiger partial charge in [-0.3, -0.25) is 4.79 Å². The Kier molecular flexibility index (Phi) is 9.67. The monoisotopic (exact) mass is 548 g/mol. The van der Waals surface area contributed by atoms with Crippen molar-refractivity contribution in [3.63, 3.8) is 0 Å². The van der Waals surface area contributed by atoms with Crippen LogP contribution in [0.5, 0.6) is 0 Å². The van der Waals surface area contributed by atoms with E-state index < -0.39 is 6.10 Å². The summed E-state index contributed by atoms with van der Waals surface area (Å²) < 4.78 is 0.641. The number of nitrogens with zero attached hydrogens (tertiary/aromatic N) is 2. The Hall–Kier alpha value is -1.36. The van der Waals surface area contributed by atoms with E-state index in [0.29, 0.717) is 23.4 Å². The third kappa shape index (κ3) is 6.56. The third-order valence-corrected chi connectivity index (χ3v) is 5.85. The van der Waals surface area contributed by atoms with Gasteiger partial charge < -0.3 is 20.6 Å². The second-order valence-electron chi connectivity index (χ2n) is 6.51. The molecule has 1 unspecified atom stereocenters. The van der Waals surface area contributed by atoms with Crippen LogP contribution in [-0.4, -0.2) is 43.2 Å². The smallest absolute Gasteiger partial charge is 0.248 e. The van der Waals surface area contributed by atoms with Crippen LogP contribution in [0.15, 0.2) is 41.4 Å². The van der Waals surface area contributed by atoms with Gasteiger partial charge in [-0.1, -0.05) is 29.8 Å².